The topological polar surface area (TPSA) is 41.1 Å². The molecule has 0 unspecified atom stereocenters. The second kappa shape index (κ2) is 6.44. The number of carbonyl (C=O) groups is 1. The molecule has 2 rings (SSSR count). The van der Waals surface area contributed by atoms with Gasteiger partial charge in [0.15, 0.2) is 0 Å². The molecule has 0 aliphatic heterocycles. The molecule has 3 heteroatoms. The van der Waals surface area contributed by atoms with Gasteiger partial charge in [0.05, 0.1) is 0 Å². The summed E-state index contributed by atoms with van der Waals surface area (Å²) >= 11 is 0. The van der Waals surface area contributed by atoms with Crippen LogP contribution in [-0.4, -0.2) is 13.0 Å². The average molecular weight is 282 g/mol. The molecule has 3 nitrogen and oxygen atoms in total. The van der Waals surface area contributed by atoms with E-state index in [2.05, 4.69) is 42.7 Å². The second-order valence-electron chi connectivity index (χ2n) is 5.39. The van der Waals surface area contributed by atoms with Gasteiger partial charge in [0.25, 0.3) is 5.91 Å². The van der Waals surface area contributed by atoms with Crippen LogP contribution in [0.1, 0.15) is 32.6 Å². The zero-order chi connectivity index (χ0) is 15.4. The lowest BCUT2D eigenvalue weighted by Crippen LogP contribution is -2.17. The third kappa shape index (κ3) is 3.63. The van der Waals surface area contributed by atoms with Gasteiger partial charge in [-0.3, -0.25) is 4.79 Å². The third-order valence-corrected chi connectivity index (χ3v) is 3.69. The van der Waals surface area contributed by atoms with Gasteiger partial charge in [-0.2, -0.15) is 0 Å². The Kier molecular flexibility index (Phi) is 4.63. The molecule has 0 saturated carbocycles. The molecule has 0 spiro atoms. The van der Waals surface area contributed by atoms with Crippen molar-refractivity contribution in [1.29, 1.82) is 0 Å². The van der Waals surface area contributed by atoms with Crippen LogP contribution in [0.4, 0.5) is 5.69 Å². The molecule has 1 amide bonds. The van der Waals surface area contributed by atoms with Gasteiger partial charge in [-0.1, -0.05) is 23.8 Å². The van der Waals surface area contributed by atoms with Crippen molar-refractivity contribution in [2.45, 2.75) is 27.3 Å². The lowest BCUT2D eigenvalue weighted by molar-refractivity contribution is 0.0963. The first-order valence-corrected chi connectivity index (χ1v) is 7.14. The molecule has 2 aromatic rings. The predicted molar refractivity (Wildman–Crippen MR) is 87.8 cm³/mol. The van der Waals surface area contributed by atoms with Gasteiger partial charge in [0.1, 0.15) is 0 Å². The van der Waals surface area contributed by atoms with Crippen LogP contribution >= 0.6 is 0 Å². The number of benzene rings is 2. The van der Waals surface area contributed by atoms with Crippen LogP contribution < -0.4 is 10.6 Å². The molecular formula is C18H22N2O. The van der Waals surface area contributed by atoms with E-state index in [-0.39, 0.29) is 5.91 Å². The van der Waals surface area contributed by atoms with Gasteiger partial charge in [-0.15, -0.1) is 0 Å². The summed E-state index contributed by atoms with van der Waals surface area (Å²) in [6.45, 7) is 7.02. The summed E-state index contributed by atoms with van der Waals surface area (Å²) in [7, 11) is 1.64. The number of rotatable bonds is 4. The van der Waals surface area contributed by atoms with E-state index in [0.717, 1.165) is 17.8 Å². The molecule has 0 radical (unpaired) electrons. The van der Waals surface area contributed by atoms with E-state index in [0.29, 0.717) is 5.56 Å². The fourth-order valence-corrected chi connectivity index (χ4v) is 2.33. The van der Waals surface area contributed by atoms with Gasteiger partial charge < -0.3 is 10.6 Å². The molecule has 21 heavy (non-hydrogen) atoms. The van der Waals surface area contributed by atoms with Gasteiger partial charge in [-0.25, -0.2) is 0 Å². The number of amides is 1. The zero-order valence-corrected chi connectivity index (χ0v) is 13.1. The van der Waals surface area contributed by atoms with Crippen molar-refractivity contribution >= 4 is 11.6 Å². The van der Waals surface area contributed by atoms with Crippen molar-refractivity contribution in [2.75, 3.05) is 12.4 Å². The smallest absolute Gasteiger partial charge is 0.251 e. The number of aryl methyl sites for hydroxylation is 3. The summed E-state index contributed by atoms with van der Waals surface area (Å²) in [4.78, 5) is 11.6. The molecule has 0 aliphatic rings. The summed E-state index contributed by atoms with van der Waals surface area (Å²) in [6.07, 6.45) is 0. The van der Waals surface area contributed by atoms with E-state index in [1.54, 1.807) is 7.05 Å². The Hall–Kier alpha value is -2.29. The third-order valence-electron chi connectivity index (χ3n) is 3.69. The lowest BCUT2D eigenvalue weighted by atomic mass is 10.0. The van der Waals surface area contributed by atoms with Crippen molar-refractivity contribution in [3.63, 3.8) is 0 Å². The summed E-state index contributed by atoms with van der Waals surface area (Å²) in [5.41, 5.74) is 6.67. The molecule has 0 aliphatic carbocycles. The van der Waals surface area contributed by atoms with Crippen molar-refractivity contribution in [3.8, 4) is 0 Å². The number of hydrogen-bond donors (Lipinski definition) is 2. The molecule has 0 atom stereocenters. The summed E-state index contributed by atoms with van der Waals surface area (Å²) in [5, 5.41) is 6.09. The minimum absolute atomic E-state index is 0.0563. The first-order valence-electron chi connectivity index (χ1n) is 7.14. The van der Waals surface area contributed by atoms with E-state index < -0.39 is 0 Å². The summed E-state index contributed by atoms with van der Waals surface area (Å²) < 4.78 is 0. The maximum atomic E-state index is 11.6. The zero-order valence-electron chi connectivity index (χ0n) is 13.1. The Labute approximate surface area is 126 Å². The van der Waals surface area contributed by atoms with E-state index in [4.69, 9.17) is 0 Å². The molecule has 2 N–H and O–H groups in total. The van der Waals surface area contributed by atoms with Crippen LogP contribution in [0.15, 0.2) is 36.4 Å². The van der Waals surface area contributed by atoms with E-state index >= 15 is 0 Å². The van der Waals surface area contributed by atoms with E-state index in [1.165, 1.54) is 16.7 Å². The highest BCUT2D eigenvalue weighted by molar-refractivity contribution is 5.94. The van der Waals surface area contributed by atoms with Crippen LogP contribution in [0.3, 0.4) is 0 Å². The van der Waals surface area contributed by atoms with Gasteiger partial charge >= 0.3 is 0 Å². The fourth-order valence-electron chi connectivity index (χ4n) is 2.33. The highest BCUT2D eigenvalue weighted by Crippen LogP contribution is 2.19. The Balaban J connectivity index is 2.13. The van der Waals surface area contributed by atoms with Crippen LogP contribution in [-0.2, 0) is 6.54 Å². The highest BCUT2D eigenvalue weighted by Gasteiger charge is 2.06. The molecule has 0 heterocycles. The fraction of sp³-hybridized carbons (Fsp3) is 0.278. The van der Waals surface area contributed by atoms with Crippen LogP contribution in [0.25, 0.3) is 0 Å². The van der Waals surface area contributed by atoms with Gasteiger partial charge in [0, 0.05) is 24.8 Å². The standard InChI is InChI=1S/C18H22N2O/c1-12-5-6-13(2)16(9-12)11-20-17-8-7-15(10-14(17)3)18(21)19-4/h5-10,20H,11H2,1-4H3,(H,19,21). The molecule has 2 aromatic carbocycles. The molecule has 0 bridgehead atoms. The van der Waals surface area contributed by atoms with Gasteiger partial charge in [0.2, 0.25) is 0 Å². The first kappa shape index (κ1) is 15.1. The minimum atomic E-state index is -0.0563. The predicted octanol–water partition coefficient (Wildman–Crippen LogP) is 3.58. The Morgan fingerprint density at radius 1 is 1.00 bits per heavy atom. The number of nitrogens with one attached hydrogen (secondary N) is 2. The number of anilines is 1. The van der Waals surface area contributed by atoms with Crippen molar-refractivity contribution < 1.29 is 4.79 Å². The summed E-state index contributed by atoms with van der Waals surface area (Å²) in [5.74, 6) is -0.0563. The summed E-state index contributed by atoms with van der Waals surface area (Å²) in [6, 6.07) is 12.2. The number of carbonyl (C=O) groups excluding carboxylic acids is 1. The van der Waals surface area contributed by atoms with Crippen molar-refractivity contribution in [3.05, 3.63) is 64.2 Å². The molecular weight excluding hydrogens is 260 g/mol. The van der Waals surface area contributed by atoms with Crippen LogP contribution in [0.2, 0.25) is 0 Å². The largest absolute Gasteiger partial charge is 0.381 e. The minimum Gasteiger partial charge on any atom is -0.381 e. The van der Waals surface area contributed by atoms with E-state index in [1.807, 2.05) is 25.1 Å². The molecule has 0 saturated heterocycles. The van der Waals surface area contributed by atoms with Crippen LogP contribution in [0, 0.1) is 20.8 Å². The molecule has 0 fully saturated rings. The van der Waals surface area contributed by atoms with Crippen molar-refractivity contribution in [2.24, 2.45) is 0 Å². The quantitative estimate of drug-likeness (QED) is 0.900. The lowest BCUT2D eigenvalue weighted by Gasteiger charge is -2.13. The number of hydrogen-bond acceptors (Lipinski definition) is 2. The maximum absolute atomic E-state index is 11.6. The van der Waals surface area contributed by atoms with Crippen molar-refractivity contribution in [1.82, 2.24) is 5.32 Å². The SMILES string of the molecule is CNC(=O)c1ccc(NCc2cc(C)ccc2C)c(C)c1. The second-order valence-corrected chi connectivity index (χ2v) is 5.39. The first-order chi connectivity index (χ1) is 10.0. The Bertz CT molecular complexity index is 662. The maximum Gasteiger partial charge on any atom is 0.251 e. The molecule has 0 aromatic heterocycles. The van der Waals surface area contributed by atoms with Gasteiger partial charge in [-0.05, 0) is 55.7 Å². The van der Waals surface area contributed by atoms with Crippen LogP contribution in [0.5, 0.6) is 0 Å². The van der Waals surface area contributed by atoms with E-state index in [9.17, 15) is 4.79 Å². The molecule has 110 valence electrons. The normalized spacial score (nSPS) is 10.3. The monoisotopic (exact) mass is 282 g/mol. The average Bonchev–Trinajstić information content (AvgIpc) is 2.48. The Morgan fingerprint density at radius 3 is 2.43 bits per heavy atom. The Morgan fingerprint density at radius 2 is 1.76 bits per heavy atom. The highest BCUT2D eigenvalue weighted by atomic mass is 16.1.